The zero-order valence-corrected chi connectivity index (χ0v) is 16.6. The molecule has 0 radical (unpaired) electrons. The van der Waals surface area contributed by atoms with Crippen LogP contribution in [0.5, 0.6) is 0 Å². The summed E-state index contributed by atoms with van der Waals surface area (Å²) in [6.45, 7) is 2.22. The van der Waals surface area contributed by atoms with Crippen LogP contribution in [0.4, 0.5) is 10.1 Å². The summed E-state index contributed by atoms with van der Waals surface area (Å²) < 4.78 is 13.9. The van der Waals surface area contributed by atoms with E-state index in [0.29, 0.717) is 27.8 Å². The molecule has 0 saturated carbocycles. The molecule has 2 N–H and O–H groups in total. The predicted octanol–water partition coefficient (Wildman–Crippen LogP) is 5.15. The van der Waals surface area contributed by atoms with Crippen LogP contribution in [0.15, 0.2) is 53.5 Å². The summed E-state index contributed by atoms with van der Waals surface area (Å²) in [5, 5.41) is 13.1. The van der Waals surface area contributed by atoms with E-state index < -0.39 is 17.8 Å². The Bertz CT molecular complexity index is 1150. The number of carboxylic acid groups (broad SMARTS) is 1. The fraction of sp³-hybridized carbons (Fsp3) is 0.208. The number of nitrogens with zero attached hydrogens (tertiary/aromatic N) is 2. The molecular formula is C24H22FN3O2. The Balaban J connectivity index is 1.86. The molecule has 1 atom stereocenters. The third-order valence-electron chi connectivity index (χ3n) is 5.06. The minimum absolute atomic E-state index is 0.0847. The van der Waals surface area contributed by atoms with E-state index in [1.807, 2.05) is 24.3 Å². The molecule has 0 aliphatic carbocycles. The van der Waals surface area contributed by atoms with Gasteiger partial charge in [-0.05, 0) is 30.2 Å². The Morgan fingerprint density at radius 1 is 1.27 bits per heavy atom. The third-order valence-corrected chi connectivity index (χ3v) is 5.06. The maximum Gasteiger partial charge on any atom is 0.328 e. The number of halogens is 1. The van der Waals surface area contributed by atoms with Gasteiger partial charge in [0.05, 0.1) is 23.4 Å². The van der Waals surface area contributed by atoms with Crippen LogP contribution < -0.4 is 5.32 Å². The molecular weight excluding hydrogens is 381 g/mol. The van der Waals surface area contributed by atoms with Crippen molar-refractivity contribution in [2.24, 2.45) is 4.99 Å². The molecule has 1 unspecified atom stereocenters. The first-order valence-corrected chi connectivity index (χ1v) is 9.96. The number of fused-ring (bicyclic) bond motifs is 3. The summed E-state index contributed by atoms with van der Waals surface area (Å²) >= 11 is 0. The van der Waals surface area contributed by atoms with Crippen LogP contribution in [0.25, 0.3) is 28.2 Å². The van der Waals surface area contributed by atoms with Gasteiger partial charge in [0.15, 0.2) is 0 Å². The van der Waals surface area contributed by atoms with E-state index >= 15 is 0 Å². The monoisotopic (exact) mass is 403 g/mol. The van der Waals surface area contributed by atoms with Crippen molar-refractivity contribution >= 4 is 34.9 Å². The highest BCUT2D eigenvalue weighted by Gasteiger charge is 2.24. The first-order valence-electron chi connectivity index (χ1n) is 9.96. The number of pyridine rings is 1. The number of anilines is 1. The molecule has 2 heterocycles. The standard InChI is InChI=1S/C24H22FN3O2/c1-2-3-4-5-15-6-8-16(9-7-15)22-19-13-26-14-21(24(29)30)28-23(19)18-12-17(25)10-11-20(18)27-22/h4-13,21,28H,2-3,14H2,1H3,(H,29,30)/b5-4+. The topological polar surface area (TPSA) is 74.6 Å². The number of aliphatic imine (C=N–C) groups is 1. The van der Waals surface area contributed by atoms with Crippen molar-refractivity contribution in [3.63, 3.8) is 0 Å². The number of hydrogen-bond acceptors (Lipinski definition) is 4. The Morgan fingerprint density at radius 2 is 2.07 bits per heavy atom. The van der Waals surface area contributed by atoms with E-state index in [1.165, 1.54) is 12.1 Å². The third kappa shape index (κ3) is 3.94. The van der Waals surface area contributed by atoms with E-state index in [9.17, 15) is 14.3 Å². The second-order valence-corrected chi connectivity index (χ2v) is 7.25. The largest absolute Gasteiger partial charge is 0.480 e. The number of nitrogens with one attached hydrogen (secondary N) is 1. The van der Waals surface area contributed by atoms with Gasteiger partial charge >= 0.3 is 5.97 Å². The van der Waals surface area contributed by atoms with Crippen LogP contribution in [-0.2, 0) is 4.79 Å². The number of unbranched alkanes of at least 4 members (excludes halogenated alkanes) is 1. The van der Waals surface area contributed by atoms with Gasteiger partial charge in [-0.3, -0.25) is 4.99 Å². The Morgan fingerprint density at radius 3 is 2.80 bits per heavy atom. The van der Waals surface area contributed by atoms with Crippen molar-refractivity contribution in [2.75, 3.05) is 11.9 Å². The van der Waals surface area contributed by atoms with E-state index in [1.54, 1.807) is 12.3 Å². The molecule has 30 heavy (non-hydrogen) atoms. The molecule has 0 saturated heterocycles. The van der Waals surface area contributed by atoms with Gasteiger partial charge in [-0.25, -0.2) is 14.2 Å². The zero-order chi connectivity index (χ0) is 21.1. The van der Waals surface area contributed by atoms with Crippen LogP contribution in [0.2, 0.25) is 0 Å². The number of carboxylic acids is 1. The molecule has 6 heteroatoms. The minimum Gasteiger partial charge on any atom is -0.480 e. The van der Waals surface area contributed by atoms with Gasteiger partial charge in [0.25, 0.3) is 0 Å². The summed E-state index contributed by atoms with van der Waals surface area (Å²) in [6.07, 6.45) is 8.00. The molecule has 0 amide bonds. The first kappa shape index (κ1) is 19.8. The number of allylic oxidation sites excluding steroid dienone is 1. The molecule has 0 fully saturated rings. The van der Waals surface area contributed by atoms with Crippen molar-refractivity contribution in [3.8, 4) is 11.3 Å². The number of rotatable bonds is 5. The first-order chi connectivity index (χ1) is 14.6. The minimum atomic E-state index is -1.01. The molecule has 2 aromatic carbocycles. The summed E-state index contributed by atoms with van der Waals surface area (Å²) in [5.74, 6) is -1.41. The molecule has 1 aliphatic heterocycles. The summed E-state index contributed by atoms with van der Waals surface area (Å²) in [6, 6.07) is 11.4. The van der Waals surface area contributed by atoms with Gasteiger partial charge in [-0.2, -0.15) is 0 Å². The van der Waals surface area contributed by atoms with Crippen molar-refractivity contribution < 1.29 is 14.3 Å². The molecule has 0 spiro atoms. The van der Waals surface area contributed by atoms with Crippen LogP contribution in [0, 0.1) is 5.82 Å². The normalized spacial score (nSPS) is 15.7. The lowest BCUT2D eigenvalue weighted by molar-refractivity contribution is -0.137. The molecule has 0 bridgehead atoms. The lowest BCUT2D eigenvalue weighted by Gasteiger charge is -2.17. The van der Waals surface area contributed by atoms with Crippen molar-refractivity contribution in [1.82, 2.24) is 4.98 Å². The molecule has 4 rings (SSSR count). The fourth-order valence-electron chi connectivity index (χ4n) is 3.50. The average Bonchev–Trinajstić information content (AvgIpc) is 2.98. The number of aromatic nitrogens is 1. The van der Waals surface area contributed by atoms with Crippen LogP contribution >= 0.6 is 0 Å². The lowest BCUT2D eigenvalue weighted by Crippen LogP contribution is -2.31. The Hall–Kier alpha value is -3.54. The quantitative estimate of drug-likeness (QED) is 0.618. The van der Waals surface area contributed by atoms with E-state index in [2.05, 4.69) is 29.4 Å². The second-order valence-electron chi connectivity index (χ2n) is 7.25. The van der Waals surface area contributed by atoms with E-state index in [4.69, 9.17) is 4.98 Å². The van der Waals surface area contributed by atoms with Crippen LogP contribution in [0.1, 0.15) is 30.9 Å². The highest BCUT2D eigenvalue weighted by molar-refractivity contribution is 6.07. The Labute approximate surface area is 174 Å². The smallest absolute Gasteiger partial charge is 0.328 e. The van der Waals surface area contributed by atoms with Gasteiger partial charge in [0, 0.05) is 22.7 Å². The maximum atomic E-state index is 13.9. The number of aliphatic carboxylic acids is 1. The molecule has 152 valence electrons. The highest BCUT2D eigenvalue weighted by Crippen LogP contribution is 2.35. The van der Waals surface area contributed by atoms with E-state index in [0.717, 1.165) is 24.0 Å². The van der Waals surface area contributed by atoms with E-state index in [-0.39, 0.29) is 6.54 Å². The fourth-order valence-corrected chi connectivity index (χ4v) is 3.50. The van der Waals surface area contributed by atoms with Crippen LogP contribution in [0.3, 0.4) is 0 Å². The Kier molecular flexibility index (Phi) is 5.57. The zero-order valence-electron chi connectivity index (χ0n) is 16.6. The SMILES string of the molecule is CCC/C=C/c1ccc(-c2nc3ccc(F)cc3c3c2C=NCC(C(=O)O)N3)cc1. The van der Waals surface area contributed by atoms with Crippen molar-refractivity contribution in [1.29, 1.82) is 0 Å². The number of benzene rings is 2. The van der Waals surface area contributed by atoms with Gasteiger partial charge in [0.1, 0.15) is 11.9 Å². The molecule has 3 aromatic rings. The van der Waals surface area contributed by atoms with Crippen LogP contribution in [-0.4, -0.2) is 34.9 Å². The van der Waals surface area contributed by atoms with Crippen molar-refractivity contribution in [2.45, 2.75) is 25.8 Å². The molecule has 1 aliphatic rings. The highest BCUT2D eigenvalue weighted by atomic mass is 19.1. The summed E-state index contributed by atoms with van der Waals surface area (Å²) in [5.41, 5.74) is 4.44. The molecule has 1 aromatic heterocycles. The maximum absolute atomic E-state index is 13.9. The number of carbonyl (C=O) groups is 1. The van der Waals surface area contributed by atoms with Gasteiger partial charge in [-0.1, -0.05) is 49.8 Å². The average molecular weight is 403 g/mol. The van der Waals surface area contributed by atoms with Crippen molar-refractivity contribution in [3.05, 3.63) is 65.5 Å². The number of hydrogen-bond donors (Lipinski definition) is 2. The second kappa shape index (κ2) is 8.45. The predicted molar refractivity (Wildman–Crippen MR) is 119 cm³/mol. The van der Waals surface area contributed by atoms with Gasteiger partial charge in [0.2, 0.25) is 0 Å². The summed E-state index contributed by atoms with van der Waals surface area (Å²) in [7, 11) is 0. The van der Waals surface area contributed by atoms with Gasteiger partial charge < -0.3 is 10.4 Å². The lowest BCUT2D eigenvalue weighted by atomic mass is 10.00. The summed E-state index contributed by atoms with van der Waals surface area (Å²) in [4.78, 5) is 20.6. The van der Waals surface area contributed by atoms with Gasteiger partial charge in [-0.15, -0.1) is 0 Å². The molecule has 5 nitrogen and oxygen atoms in total.